The Labute approximate surface area is 143 Å². The van der Waals surface area contributed by atoms with E-state index >= 15 is 0 Å². The van der Waals surface area contributed by atoms with E-state index in [1.807, 2.05) is 47.7 Å². The monoisotopic (exact) mass is 410 g/mol. The predicted molar refractivity (Wildman–Crippen MR) is 98.6 cm³/mol. The van der Waals surface area contributed by atoms with Crippen molar-refractivity contribution in [3.63, 3.8) is 0 Å². The van der Waals surface area contributed by atoms with E-state index in [1.165, 1.54) is 0 Å². The van der Waals surface area contributed by atoms with E-state index in [2.05, 4.69) is 21.8 Å². The number of hydrogen-bond donors (Lipinski definition) is 2. The third-order valence-electron chi connectivity index (χ3n) is 3.45. The maximum absolute atomic E-state index is 11.2. The molecule has 0 fully saturated rings. The van der Waals surface area contributed by atoms with Gasteiger partial charge in [0.15, 0.2) is 3.79 Å². The van der Waals surface area contributed by atoms with Crippen molar-refractivity contribution in [2.24, 2.45) is 16.6 Å². The van der Waals surface area contributed by atoms with Crippen LogP contribution in [0.15, 0.2) is 41.5 Å². The smallest absolute Gasteiger partial charge is 0.195 e. The van der Waals surface area contributed by atoms with E-state index in [0.717, 1.165) is 35.0 Å². The van der Waals surface area contributed by atoms with Gasteiger partial charge in [-0.25, -0.2) is 4.99 Å². The molecule has 1 heterocycles. The predicted octanol–water partition coefficient (Wildman–Crippen LogP) is 3.88. The summed E-state index contributed by atoms with van der Waals surface area (Å²) in [6.45, 7) is 5.95. The van der Waals surface area contributed by atoms with Gasteiger partial charge in [0.05, 0.1) is 17.4 Å². The average molecular weight is 410 g/mol. The molecule has 1 atom stereocenters. The van der Waals surface area contributed by atoms with E-state index in [1.54, 1.807) is 6.20 Å². The van der Waals surface area contributed by atoms with Crippen LogP contribution >= 0.6 is 22.6 Å². The maximum atomic E-state index is 11.2. The first kappa shape index (κ1) is 16.7. The molecule has 0 unspecified atom stereocenters. The maximum Gasteiger partial charge on any atom is 0.195 e. The van der Waals surface area contributed by atoms with Gasteiger partial charge >= 0.3 is 0 Å². The minimum Gasteiger partial charge on any atom is -0.387 e. The number of hydrogen-bond acceptors (Lipinski definition) is 3. The third kappa shape index (κ3) is 4.66. The number of benzene rings is 1. The molecule has 0 spiro atoms. The molecule has 3 N–H and O–H groups in total. The van der Waals surface area contributed by atoms with Gasteiger partial charge in [0.2, 0.25) is 0 Å². The standard InChI is InChI=1S/C16H19IN4O/c1-10(3-4-11(2)16(17)22)7-15(18)20-13-5-6-14-12(8-13)9-19-21-14/h5-6,8-9,11H,1,3-4,7H2,2H3,(H2,18,20)(H,19,21)/t11-/m1/s1. The topological polar surface area (TPSA) is 84.1 Å². The number of nitrogens with zero attached hydrogens (tertiary/aromatic N) is 2. The zero-order valence-electron chi connectivity index (χ0n) is 12.5. The molecular weight excluding hydrogens is 391 g/mol. The summed E-state index contributed by atoms with van der Waals surface area (Å²) in [6, 6.07) is 5.76. The van der Waals surface area contributed by atoms with Gasteiger partial charge in [0.25, 0.3) is 0 Å². The van der Waals surface area contributed by atoms with Crippen LogP contribution in [0, 0.1) is 5.92 Å². The highest BCUT2D eigenvalue weighted by molar-refractivity contribution is 14.1. The average Bonchev–Trinajstić information content (AvgIpc) is 2.91. The van der Waals surface area contributed by atoms with E-state index in [0.29, 0.717) is 12.3 Å². The SMILES string of the molecule is C=C(CC[C@@H](C)C(=O)I)CC(N)=Nc1ccc2[nH]ncc2c1. The van der Waals surface area contributed by atoms with Crippen LogP contribution < -0.4 is 5.73 Å². The normalized spacial score (nSPS) is 13.3. The Kier molecular flexibility index (Phi) is 5.70. The fourth-order valence-electron chi connectivity index (χ4n) is 2.08. The van der Waals surface area contributed by atoms with E-state index in [-0.39, 0.29) is 9.71 Å². The van der Waals surface area contributed by atoms with Crippen molar-refractivity contribution >= 4 is 48.8 Å². The second-order valence-electron chi connectivity index (χ2n) is 5.42. The lowest BCUT2D eigenvalue weighted by molar-refractivity contribution is -0.112. The van der Waals surface area contributed by atoms with Gasteiger partial charge in [-0.1, -0.05) is 19.1 Å². The highest BCUT2D eigenvalue weighted by Crippen LogP contribution is 2.21. The molecule has 2 rings (SSSR count). The number of amidine groups is 1. The van der Waals surface area contributed by atoms with Gasteiger partial charge in [0.1, 0.15) is 5.84 Å². The molecule has 5 nitrogen and oxygen atoms in total. The van der Waals surface area contributed by atoms with Gasteiger partial charge in [-0.3, -0.25) is 9.89 Å². The fourth-order valence-corrected chi connectivity index (χ4v) is 2.40. The molecule has 0 saturated heterocycles. The Morgan fingerprint density at radius 3 is 3.05 bits per heavy atom. The van der Waals surface area contributed by atoms with Crippen LogP contribution in [0.25, 0.3) is 10.9 Å². The van der Waals surface area contributed by atoms with Crippen LogP contribution in [-0.2, 0) is 4.79 Å². The van der Waals surface area contributed by atoms with Crippen molar-refractivity contribution in [2.45, 2.75) is 26.2 Å². The van der Waals surface area contributed by atoms with Crippen molar-refractivity contribution in [3.8, 4) is 0 Å². The number of rotatable bonds is 7. The van der Waals surface area contributed by atoms with Crippen LogP contribution in [0.3, 0.4) is 0 Å². The van der Waals surface area contributed by atoms with Gasteiger partial charge in [-0.15, -0.1) is 0 Å². The number of aromatic nitrogens is 2. The summed E-state index contributed by atoms with van der Waals surface area (Å²) >= 11 is 1.84. The first-order chi connectivity index (χ1) is 10.5. The Hall–Kier alpha value is -1.70. The van der Waals surface area contributed by atoms with Crippen LogP contribution in [0.2, 0.25) is 0 Å². The molecule has 0 aliphatic heterocycles. The molecule has 0 amide bonds. The van der Waals surface area contributed by atoms with Crippen molar-refractivity contribution < 1.29 is 4.79 Å². The lowest BCUT2D eigenvalue weighted by Crippen LogP contribution is -2.12. The molecule has 0 radical (unpaired) electrons. The van der Waals surface area contributed by atoms with Crippen LogP contribution in [0.5, 0.6) is 0 Å². The van der Waals surface area contributed by atoms with Gasteiger partial charge < -0.3 is 5.73 Å². The molecule has 1 aromatic heterocycles. The van der Waals surface area contributed by atoms with Crippen LogP contribution in [-0.4, -0.2) is 19.8 Å². The number of carbonyl (C=O) groups excluding carboxylic acids is 1. The second kappa shape index (κ2) is 7.53. The van der Waals surface area contributed by atoms with E-state index < -0.39 is 0 Å². The Morgan fingerprint density at radius 2 is 2.32 bits per heavy atom. The van der Waals surface area contributed by atoms with E-state index in [4.69, 9.17) is 5.73 Å². The summed E-state index contributed by atoms with van der Waals surface area (Å²) < 4.78 is 0.181. The van der Waals surface area contributed by atoms with Gasteiger partial charge in [0, 0.05) is 17.7 Å². The minimum atomic E-state index is 0.0546. The Morgan fingerprint density at radius 1 is 1.55 bits per heavy atom. The Balaban J connectivity index is 1.94. The number of aromatic amines is 1. The summed E-state index contributed by atoms with van der Waals surface area (Å²) in [5, 5.41) is 7.88. The molecule has 2 aromatic rings. The van der Waals surface area contributed by atoms with Crippen molar-refractivity contribution in [1.82, 2.24) is 10.2 Å². The molecule has 0 bridgehead atoms. The summed E-state index contributed by atoms with van der Waals surface area (Å²) in [7, 11) is 0. The molecule has 22 heavy (non-hydrogen) atoms. The van der Waals surface area contributed by atoms with Gasteiger partial charge in [-0.2, -0.15) is 5.10 Å². The highest BCUT2D eigenvalue weighted by atomic mass is 127. The van der Waals surface area contributed by atoms with E-state index in [9.17, 15) is 4.79 Å². The first-order valence-corrected chi connectivity index (χ1v) is 8.15. The molecule has 116 valence electrons. The molecular formula is C16H19IN4O. The molecule has 0 saturated carbocycles. The van der Waals surface area contributed by atoms with Gasteiger partial charge in [-0.05, 0) is 53.6 Å². The quantitative estimate of drug-likeness (QED) is 0.239. The first-order valence-electron chi connectivity index (χ1n) is 7.08. The fraction of sp³-hybridized carbons (Fsp3) is 0.312. The summed E-state index contributed by atoms with van der Waals surface area (Å²) in [5.74, 6) is 0.584. The summed E-state index contributed by atoms with van der Waals surface area (Å²) in [4.78, 5) is 15.6. The van der Waals surface area contributed by atoms with Crippen molar-refractivity contribution in [1.29, 1.82) is 0 Å². The zero-order chi connectivity index (χ0) is 16.1. The number of aliphatic imine (C=N–C) groups is 1. The zero-order valence-corrected chi connectivity index (χ0v) is 14.6. The second-order valence-corrected chi connectivity index (χ2v) is 6.48. The molecule has 0 aliphatic carbocycles. The van der Waals surface area contributed by atoms with Crippen molar-refractivity contribution in [3.05, 3.63) is 36.5 Å². The summed E-state index contributed by atoms with van der Waals surface area (Å²) in [5.41, 5.74) is 8.76. The molecule has 1 aromatic carbocycles. The number of fused-ring (bicyclic) bond motifs is 1. The van der Waals surface area contributed by atoms with Crippen molar-refractivity contribution in [2.75, 3.05) is 0 Å². The third-order valence-corrected chi connectivity index (χ3v) is 4.51. The number of nitrogens with two attached hydrogens (primary N) is 1. The molecule has 6 heteroatoms. The number of H-pyrrole nitrogens is 1. The Bertz CT molecular complexity index is 720. The lowest BCUT2D eigenvalue weighted by atomic mass is 10.0. The number of nitrogens with one attached hydrogen (secondary N) is 1. The number of carbonyl (C=O) groups is 1. The molecule has 0 aliphatic rings. The largest absolute Gasteiger partial charge is 0.387 e. The number of halogens is 1. The minimum absolute atomic E-state index is 0.0546. The lowest BCUT2D eigenvalue weighted by Gasteiger charge is -2.08. The van der Waals surface area contributed by atoms with Crippen LogP contribution in [0.1, 0.15) is 26.2 Å². The summed E-state index contributed by atoms with van der Waals surface area (Å²) in [6.07, 6.45) is 3.89. The highest BCUT2D eigenvalue weighted by Gasteiger charge is 2.10. The van der Waals surface area contributed by atoms with Crippen LogP contribution in [0.4, 0.5) is 5.69 Å².